The normalized spacial score (nSPS) is 15.7. The van der Waals surface area contributed by atoms with Gasteiger partial charge in [-0.05, 0) is 61.4 Å². The lowest BCUT2D eigenvalue weighted by atomic mass is 10.1. The number of fused-ring (bicyclic) bond motifs is 1. The zero-order valence-electron chi connectivity index (χ0n) is 19.7. The van der Waals surface area contributed by atoms with Gasteiger partial charge < -0.3 is 19.9 Å². The minimum atomic E-state index is -3.25. The molecule has 0 saturated carbocycles. The van der Waals surface area contributed by atoms with Gasteiger partial charge in [-0.1, -0.05) is 0 Å². The van der Waals surface area contributed by atoms with E-state index in [1.54, 1.807) is 24.3 Å². The van der Waals surface area contributed by atoms with Crippen LogP contribution in [-0.4, -0.2) is 68.3 Å². The van der Waals surface area contributed by atoms with Crippen molar-refractivity contribution in [1.82, 2.24) is 14.9 Å². The molecule has 1 amide bonds. The number of hydrogen-bond donors (Lipinski definition) is 1. The molecular weight excluding hydrogens is 466 g/mol. The molecule has 1 saturated heterocycles. The molecule has 2 aliphatic heterocycles. The van der Waals surface area contributed by atoms with Crippen molar-refractivity contribution in [2.45, 2.75) is 18.2 Å². The summed E-state index contributed by atoms with van der Waals surface area (Å²) < 4.78 is 28.9. The summed E-state index contributed by atoms with van der Waals surface area (Å²) in [5.74, 6) is 1.27. The van der Waals surface area contributed by atoms with Gasteiger partial charge in [-0.3, -0.25) is 4.79 Å². The SMILES string of the molecule is Cc1cc(Nc2ncc3c(n2)N(c2ccc(S(C)(=O)=O)cc2)CC3)ccc1C(=O)N1CCOCC1. The van der Waals surface area contributed by atoms with Crippen LogP contribution in [0.1, 0.15) is 21.5 Å². The van der Waals surface area contributed by atoms with Crippen LogP contribution in [0, 0.1) is 6.92 Å². The highest BCUT2D eigenvalue weighted by Gasteiger charge is 2.24. The molecule has 5 rings (SSSR count). The van der Waals surface area contributed by atoms with Crippen LogP contribution < -0.4 is 10.2 Å². The Morgan fingerprint density at radius 3 is 2.49 bits per heavy atom. The number of sulfone groups is 1. The van der Waals surface area contributed by atoms with E-state index in [9.17, 15) is 13.2 Å². The van der Waals surface area contributed by atoms with Gasteiger partial charge in [0.15, 0.2) is 9.84 Å². The number of aryl methyl sites for hydroxylation is 1. The van der Waals surface area contributed by atoms with E-state index in [0.717, 1.165) is 41.3 Å². The molecule has 0 bridgehead atoms. The molecule has 3 heterocycles. The Morgan fingerprint density at radius 2 is 1.80 bits per heavy atom. The third kappa shape index (κ3) is 4.85. The van der Waals surface area contributed by atoms with Crippen molar-refractivity contribution >= 4 is 38.9 Å². The van der Waals surface area contributed by atoms with E-state index in [2.05, 4.69) is 15.2 Å². The number of hydrogen-bond acceptors (Lipinski definition) is 8. The first-order valence-electron chi connectivity index (χ1n) is 11.5. The number of amides is 1. The number of ether oxygens (including phenoxy) is 1. The third-order valence-corrected chi connectivity index (χ3v) is 7.42. The van der Waals surface area contributed by atoms with Gasteiger partial charge in [0.1, 0.15) is 5.82 Å². The molecule has 0 aliphatic carbocycles. The van der Waals surface area contributed by atoms with Crippen LogP contribution in [0.15, 0.2) is 53.6 Å². The Hall–Kier alpha value is -3.50. The van der Waals surface area contributed by atoms with E-state index in [1.165, 1.54) is 6.26 Å². The maximum Gasteiger partial charge on any atom is 0.254 e. The quantitative estimate of drug-likeness (QED) is 0.578. The standard InChI is InChI=1S/C25H27N5O4S/c1-17-15-19(3-8-22(17)24(31)29-11-13-34-14-12-29)27-25-26-16-18-9-10-30(23(18)28-25)20-4-6-21(7-5-20)35(2,32)33/h3-8,15-16H,9-14H2,1-2H3,(H,26,27,28). The molecule has 2 aliphatic rings. The van der Waals surface area contributed by atoms with Crippen molar-refractivity contribution in [3.63, 3.8) is 0 Å². The van der Waals surface area contributed by atoms with E-state index in [1.807, 2.05) is 36.2 Å². The second kappa shape index (κ2) is 9.27. The van der Waals surface area contributed by atoms with Crippen LogP contribution in [0.4, 0.5) is 23.1 Å². The first-order chi connectivity index (χ1) is 16.8. The minimum absolute atomic E-state index is 0.0173. The molecule has 1 fully saturated rings. The summed E-state index contributed by atoms with van der Waals surface area (Å²) >= 11 is 0. The molecule has 1 N–H and O–H groups in total. The number of anilines is 4. The number of carbonyl (C=O) groups excluding carboxylic acids is 1. The zero-order chi connectivity index (χ0) is 24.6. The molecular formula is C25H27N5O4S. The van der Waals surface area contributed by atoms with E-state index < -0.39 is 9.84 Å². The second-order valence-corrected chi connectivity index (χ2v) is 10.8. The van der Waals surface area contributed by atoms with Gasteiger partial charge in [-0.25, -0.2) is 13.4 Å². The van der Waals surface area contributed by atoms with Crippen LogP contribution in [0.2, 0.25) is 0 Å². The van der Waals surface area contributed by atoms with Crippen LogP contribution in [0.3, 0.4) is 0 Å². The van der Waals surface area contributed by atoms with Gasteiger partial charge in [0, 0.05) is 54.6 Å². The van der Waals surface area contributed by atoms with E-state index in [4.69, 9.17) is 9.72 Å². The number of nitrogens with zero attached hydrogens (tertiary/aromatic N) is 4. The van der Waals surface area contributed by atoms with Crippen LogP contribution in [-0.2, 0) is 21.0 Å². The lowest BCUT2D eigenvalue weighted by Crippen LogP contribution is -2.40. The van der Waals surface area contributed by atoms with E-state index >= 15 is 0 Å². The fraction of sp³-hybridized carbons (Fsp3) is 0.320. The minimum Gasteiger partial charge on any atom is -0.378 e. The predicted molar refractivity (Wildman–Crippen MR) is 133 cm³/mol. The first kappa shape index (κ1) is 23.3. The first-order valence-corrected chi connectivity index (χ1v) is 13.4. The molecule has 182 valence electrons. The molecule has 2 aromatic carbocycles. The Morgan fingerprint density at radius 1 is 1.06 bits per heavy atom. The molecule has 0 spiro atoms. The van der Waals surface area contributed by atoms with Crippen molar-refractivity contribution in [3.05, 3.63) is 65.4 Å². The van der Waals surface area contributed by atoms with Crippen molar-refractivity contribution in [2.75, 3.05) is 49.3 Å². The Kier molecular flexibility index (Phi) is 6.16. The van der Waals surface area contributed by atoms with Crippen LogP contribution >= 0.6 is 0 Å². The van der Waals surface area contributed by atoms with Crippen molar-refractivity contribution < 1.29 is 17.9 Å². The van der Waals surface area contributed by atoms with Gasteiger partial charge >= 0.3 is 0 Å². The average molecular weight is 494 g/mol. The van der Waals surface area contributed by atoms with E-state index in [-0.39, 0.29) is 10.8 Å². The summed E-state index contributed by atoms with van der Waals surface area (Å²) in [4.78, 5) is 26.2. The van der Waals surface area contributed by atoms with Crippen molar-refractivity contribution in [2.24, 2.45) is 0 Å². The summed E-state index contributed by atoms with van der Waals surface area (Å²) in [5, 5.41) is 3.25. The van der Waals surface area contributed by atoms with Crippen molar-refractivity contribution in [1.29, 1.82) is 0 Å². The number of benzene rings is 2. The lowest BCUT2D eigenvalue weighted by Gasteiger charge is -2.27. The van der Waals surface area contributed by atoms with Gasteiger partial charge in [0.25, 0.3) is 5.91 Å². The largest absolute Gasteiger partial charge is 0.378 e. The van der Waals surface area contributed by atoms with Gasteiger partial charge in [-0.2, -0.15) is 4.98 Å². The van der Waals surface area contributed by atoms with Crippen LogP contribution in [0.25, 0.3) is 0 Å². The molecule has 10 heteroatoms. The molecule has 3 aromatic rings. The molecule has 0 radical (unpaired) electrons. The summed E-state index contributed by atoms with van der Waals surface area (Å²) in [6.07, 6.45) is 3.82. The highest BCUT2D eigenvalue weighted by molar-refractivity contribution is 7.90. The summed E-state index contributed by atoms with van der Waals surface area (Å²) in [7, 11) is -3.25. The number of carbonyl (C=O) groups is 1. The lowest BCUT2D eigenvalue weighted by molar-refractivity contribution is 0.0302. The molecule has 1 aromatic heterocycles. The van der Waals surface area contributed by atoms with Gasteiger partial charge in [-0.15, -0.1) is 0 Å². The molecule has 0 unspecified atom stereocenters. The Labute approximate surface area is 204 Å². The number of rotatable bonds is 5. The third-order valence-electron chi connectivity index (χ3n) is 6.29. The smallest absolute Gasteiger partial charge is 0.254 e. The van der Waals surface area contributed by atoms with Crippen LogP contribution in [0.5, 0.6) is 0 Å². The molecule has 35 heavy (non-hydrogen) atoms. The highest BCUT2D eigenvalue weighted by atomic mass is 32.2. The number of nitrogens with one attached hydrogen (secondary N) is 1. The van der Waals surface area contributed by atoms with Crippen molar-refractivity contribution in [3.8, 4) is 0 Å². The van der Waals surface area contributed by atoms with E-state index in [0.29, 0.717) is 37.8 Å². The maximum absolute atomic E-state index is 12.9. The number of morpholine rings is 1. The topological polar surface area (TPSA) is 105 Å². The summed E-state index contributed by atoms with van der Waals surface area (Å²) in [5.41, 5.74) is 4.26. The molecule has 9 nitrogen and oxygen atoms in total. The summed E-state index contributed by atoms with van der Waals surface area (Å²) in [6.45, 7) is 5.01. The Bertz CT molecular complexity index is 1370. The number of aromatic nitrogens is 2. The monoisotopic (exact) mass is 493 g/mol. The zero-order valence-corrected chi connectivity index (χ0v) is 20.5. The highest BCUT2D eigenvalue weighted by Crippen LogP contribution is 2.34. The fourth-order valence-electron chi connectivity index (χ4n) is 4.38. The average Bonchev–Trinajstić information content (AvgIpc) is 3.27. The molecule has 0 atom stereocenters. The van der Waals surface area contributed by atoms with Gasteiger partial charge in [0.05, 0.1) is 18.1 Å². The second-order valence-electron chi connectivity index (χ2n) is 8.77. The maximum atomic E-state index is 12.9. The Balaban J connectivity index is 1.34. The predicted octanol–water partition coefficient (Wildman–Crippen LogP) is 3.10. The van der Waals surface area contributed by atoms with Gasteiger partial charge in [0.2, 0.25) is 5.95 Å². The summed E-state index contributed by atoms with van der Waals surface area (Å²) in [6, 6.07) is 12.4. The fourth-order valence-corrected chi connectivity index (χ4v) is 5.01.